The topological polar surface area (TPSA) is 34.2 Å². The van der Waals surface area contributed by atoms with Gasteiger partial charge >= 0.3 is 0 Å². The first-order valence-electron chi connectivity index (χ1n) is 6.19. The molecule has 3 heteroatoms. The molecule has 2 aliphatic rings. The van der Waals surface area contributed by atoms with Gasteiger partial charge in [0.05, 0.1) is 12.2 Å². The Balaban J connectivity index is 1.44. The minimum absolute atomic E-state index is 0.485. The summed E-state index contributed by atoms with van der Waals surface area (Å²) in [4.78, 5) is 4.12. The van der Waals surface area contributed by atoms with Gasteiger partial charge in [-0.1, -0.05) is 6.07 Å². The molecule has 3 rings (SSSR count). The van der Waals surface area contributed by atoms with E-state index < -0.39 is 0 Å². The van der Waals surface area contributed by atoms with Crippen LogP contribution in [0.2, 0.25) is 0 Å². The number of hydrogen-bond donors (Lipinski definition) is 1. The summed E-state index contributed by atoms with van der Waals surface area (Å²) in [5, 5.41) is 3.61. The van der Waals surface area contributed by atoms with Crippen LogP contribution in [0.15, 0.2) is 24.5 Å². The van der Waals surface area contributed by atoms with Crippen molar-refractivity contribution in [1.82, 2.24) is 10.3 Å². The Bertz CT molecular complexity index is 341. The van der Waals surface area contributed by atoms with Gasteiger partial charge in [-0.05, 0) is 43.9 Å². The van der Waals surface area contributed by atoms with Gasteiger partial charge in [0.25, 0.3) is 0 Å². The lowest BCUT2D eigenvalue weighted by Crippen LogP contribution is -2.38. The molecule has 3 unspecified atom stereocenters. The van der Waals surface area contributed by atoms with Crippen LogP contribution in [0.4, 0.5) is 0 Å². The second kappa shape index (κ2) is 4.52. The zero-order valence-electron chi connectivity index (χ0n) is 9.43. The van der Waals surface area contributed by atoms with E-state index in [4.69, 9.17) is 4.74 Å². The number of aromatic nitrogens is 1. The van der Waals surface area contributed by atoms with E-state index in [0.717, 1.165) is 13.0 Å². The molecule has 3 atom stereocenters. The minimum Gasteiger partial charge on any atom is -0.373 e. The smallest absolute Gasteiger partial charge is 0.0733 e. The predicted molar refractivity (Wildman–Crippen MR) is 62.2 cm³/mol. The van der Waals surface area contributed by atoms with Gasteiger partial charge < -0.3 is 10.1 Å². The van der Waals surface area contributed by atoms with E-state index in [1.165, 1.54) is 24.8 Å². The molecule has 0 saturated carbocycles. The molecule has 86 valence electrons. The molecule has 0 spiro atoms. The Morgan fingerprint density at radius 3 is 3.12 bits per heavy atom. The SMILES string of the molecule is c1cncc(CCNC2CC3CCC2O3)c1. The van der Waals surface area contributed by atoms with Gasteiger partial charge in [-0.25, -0.2) is 0 Å². The minimum atomic E-state index is 0.485. The first-order valence-corrected chi connectivity index (χ1v) is 6.19. The quantitative estimate of drug-likeness (QED) is 0.832. The van der Waals surface area contributed by atoms with Gasteiger partial charge in [0.2, 0.25) is 0 Å². The van der Waals surface area contributed by atoms with Gasteiger partial charge in [-0.3, -0.25) is 4.98 Å². The van der Waals surface area contributed by atoms with E-state index in [9.17, 15) is 0 Å². The molecule has 2 saturated heterocycles. The molecule has 1 aromatic heterocycles. The Morgan fingerprint density at radius 1 is 1.44 bits per heavy atom. The Hall–Kier alpha value is -0.930. The average molecular weight is 218 g/mol. The van der Waals surface area contributed by atoms with Crippen LogP contribution in [0.1, 0.15) is 24.8 Å². The molecule has 2 aliphatic heterocycles. The average Bonchev–Trinajstić information content (AvgIpc) is 2.92. The summed E-state index contributed by atoms with van der Waals surface area (Å²) in [6.07, 6.45) is 9.57. The van der Waals surface area contributed by atoms with Crippen LogP contribution in [0.25, 0.3) is 0 Å². The van der Waals surface area contributed by atoms with E-state index in [1.807, 2.05) is 18.5 Å². The van der Waals surface area contributed by atoms with Crippen molar-refractivity contribution >= 4 is 0 Å². The van der Waals surface area contributed by atoms with Crippen LogP contribution in [-0.4, -0.2) is 29.8 Å². The van der Waals surface area contributed by atoms with Crippen molar-refractivity contribution < 1.29 is 4.74 Å². The fraction of sp³-hybridized carbons (Fsp3) is 0.615. The number of rotatable bonds is 4. The molecule has 0 aliphatic carbocycles. The van der Waals surface area contributed by atoms with Crippen LogP contribution >= 0.6 is 0 Å². The largest absolute Gasteiger partial charge is 0.373 e. The highest BCUT2D eigenvalue weighted by Gasteiger charge is 2.40. The molecule has 0 radical (unpaired) electrons. The highest BCUT2D eigenvalue weighted by molar-refractivity contribution is 5.08. The second-order valence-corrected chi connectivity index (χ2v) is 4.78. The van der Waals surface area contributed by atoms with Crippen LogP contribution in [0.5, 0.6) is 0 Å². The third kappa shape index (κ3) is 2.11. The second-order valence-electron chi connectivity index (χ2n) is 4.78. The first-order chi connectivity index (χ1) is 7.92. The molecule has 3 heterocycles. The fourth-order valence-electron chi connectivity index (χ4n) is 2.80. The summed E-state index contributed by atoms with van der Waals surface area (Å²) < 4.78 is 5.81. The van der Waals surface area contributed by atoms with Crippen molar-refractivity contribution in [3.63, 3.8) is 0 Å². The van der Waals surface area contributed by atoms with Crippen LogP contribution in [0.3, 0.4) is 0 Å². The molecule has 1 aromatic rings. The Morgan fingerprint density at radius 2 is 2.44 bits per heavy atom. The monoisotopic (exact) mass is 218 g/mol. The van der Waals surface area contributed by atoms with Gasteiger partial charge in [-0.2, -0.15) is 0 Å². The molecule has 2 bridgehead atoms. The standard InChI is InChI=1S/C13H18N2O/c1-2-10(9-14-6-1)5-7-15-12-8-11-3-4-13(12)16-11/h1-2,6,9,11-13,15H,3-5,7-8H2. The number of nitrogens with zero attached hydrogens (tertiary/aromatic N) is 1. The first kappa shape index (κ1) is 10.2. The lowest BCUT2D eigenvalue weighted by Gasteiger charge is -2.19. The summed E-state index contributed by atoms with van der Waals surface area (Å²) in [6.45, 7) is 1.03. The molecule has 0 aromatic carbocycles. The van der Waals surface area contributed by atoms with E-state index in [-0.39, 0.29) is 0 Å². The molecule has 16 heavy (non-hydrogen) atoms. The molecule has 2 fully saturated rings. The van der Waals surface area contributed by atoms with Crippen LogP contribution in [-0.2, 0) is 11.2 Å². The van der Waals surface area contributed by atoms with Crippen molar-refractivity contribution in [1.29, 1.82) is 0 Å². The van der Waals surface area contributed by atoms with Crippen molar-refractivity contribution in [2.24, 2.45) is 0 Å². The molecule has 3 nitrogen and oxygen atoms in total. The zero-order chi connectivity index (χ0) is 10.8. The number of fused-ring (bicyclic) bond motifs is 2. The summed E-state index contributed by atoms with van der Waals surface area (Å²) in [5.41, 5.74) is 1.30. The number of ether oxygens (including phenoxy) is 1. The lowest BCUT2D eigenvalue weighted by atomic mass is 9.95. The third-order valence-corrected chi connectivity index (χ3v) is 3.65. The maximum Gasteiger partial charge on any atom is 0.0733 e. The highest BCUT2D eigenvalue weighted by atomic mass is 16.5. The number of hydrogen-bond acceptors (Lipinski definition) is 3. The summed E-state index contributed by atoms with van der Waals surface area (Å²) in [7, 11) is 0. The summed E-state index contributed by atoms with van der Waals surface area (Å²) >= 11 is 0. The normalized spacial score (nSPS) is 32.1. The number of pyridine rings is 1. The Kier molecular flexibility index (Phi) is 2.89. The lowest BCUT2D eigenvalue weighted by molar-refractivity contribution is 0.0975. The molecule has 0 amide bonds. The Labute approximate surface area is 96.2 Å². The van der Waals surface area contributed by atoms with Crippen molar-refractivity contribution in [3.8, 4) is 0 Å². The van der Waals surface area contributed by atoms with Crippen molar-refractivity contribution in [3.05, 3.63) is 30.1 Å². The van der Waals surface area contributed by atoms with E-state index >= 15 is 0 Å². The van der Waals surface area contributed by atoms with Crippen molar-refractivity contribution in [2.75, 3.05) is 6.54 Å². The van der Waals surface area contributed by atoms with Gasteiger partial charge in [0.15, 0.2) is 0 Å². The molecular formula is C13H18N2O. The van der Waals surface area contributed by atoms with Gasteiger partial charge in [-0.15, -0.1) is 0 Å². The van der Waals surface area contributed by atoms with Crippen LogP contribution in [0, 0.1) is 0 Å². The zero-order valence-corrected chi connectivity index (χ0v) is 9.43. The number of nitrogens with one attached hydrogen (secondary N) is 1. The maximum absolute atomic E-state index is 5.81. The van der Waals surface area contributed by atoms with E-state index in [1.54, 1.807) is 0 Å². The predicted octanol–water partition coefficient (Wildman–Crippen LogP) is 1.53. The van der Waals surface area contributed by atoms with Gasteiger partial charge in [0.1, 0.15) is 0 Å². The highest BCUT2D eigenvalue weighted by Crippen LogP contribution is 2.34. The van der Waals surface area contributed by atoms with E-state index in [0.29, 0.717) is 18.2 Å². The van der Waals surface area contributed by atoms with Crippen LogP contribution < -0.4 is 5.32 Å². The summed E-state index contributed by atoms with van der Waals surface area (Å²) in [5.74, 6) is 0. The summed E-state index contributed by atoms with van der Waals surface area (Å²) in [6, 6.07) is 4.72. The fourth-order valence-corrected chi connectivity index (χ4v) is 2.80. The van der Waals surface area contributed by atoms with Crippen molar-refractivity contribution in [2.45, 2.75) is 43.9 Å². The maximum atomic E-state index is 5.81. The molecule has 1 N–H and O–H groups in total. The third-order valence-electron chi connectivity index (χ3n) is 3.65. The van der Waals surface area contributed by atoms with Gasteiger partial charge in [0, 0.05) is 18.4 Å². The van der Waals surface area contributed by atoms with E-state index in [2.05, 4.69) is 16.4 Å². The molecular weight excluding hydrogens is 200 g/mol.